The van der Waals surface area contributed by atoms with Crippen LogP contribution in [0.4, 0.5) is 5.69 Å². The van der Waals surface area contributed by atoms with Gasteiger partial charge in [0.15, 0.2) is 5.76 Å². The van der Waals surface area contributed by atoms with Gasteiger partial charge in [0, 0.05) is 53.0 Å². The second-order valence-electron chi connectivity index (χ2n) is 8.29. The lowest BCUT2D eigenvalue weighted by Gasteiger charge is -2.37. The summed E-state index contributed by atoms with van der Waals surface area (Å²) >= 11 is 12.2. The maximum Gasteiger partial charge on any atom is 0.254 e. The number of hydrogen-bond acceptors (Lipinski definition) is 4. The molecule has 0 spiro atoms. The summed E-state index contributed by atoms with van der Waals surface area (Å²) in [5.74, 6) is 1.02. The third-order valence-electron chi connectivity index (χ3n) is 6.10. The zero-order chi connectivity index (χ0) is 23.7. The van der Waals surface area contributed by atoms with Crippen LogP contribution in [0.3, 0.4) is 0 Å². The molecule has 4 aromatic rings. The highest BCUT2D eigenvalue weighted by Crippen LogP contribution is 2.30. The van der Waals surface area contributed by atoms with Crippen LogP contribution in [-0.4, -0.2) is 42.0 Å². The summed E-state index contributed by atoms with van der Waals surface area (Å²) in [6.07, 6.45) is 1.67. The number of nitrogens with zero attached hydrogens (tertiary/aromatic N) is 3. The van der Waals surface area contributed by atoms with Crippen LogP contribution in [0, 0.1) is 6.92 Å². The number of piperazine rings is 1. The lowest BCUT2D eigenvalue weighted by Crippen LogP contribution is -2.49. The predicted octanol–water partition coefficient (Wildman–Crippen LogP) is 6.59. The molecule has 0 saturated carbocycles. The molecule has 5 nitrogen and oxygen atoms in total. The van der Waals surface area contributed by atoms with Crippen LogP contribution < -0.4 is 4.90 Å². The first-order valence-electron chi connectivity index (χ1n) is 11.1. The number of oxazole rings is 1. The van der Waals surface area contributed by atoms with Crippen molar-refractivity contribution in [2.45, 2.75) is 6.92 Å². The minimum Gasteiger partial charge on any atom is -0.436 e. The van der Waals surface area contributed by atoms with Crippen LogP contribution in [0.5, 0.6) is 0 Å². The number of benzene rings is 3. The van der Waals surface area contributed by atoms with Gasteiger partial charge in [-0.2, -0.15) is 0 Å². The van der Waals surface area contributed by atoms with E-state index >= 15 is 0 Å². The monoisotopic (exact) mass is 491 g/mol. The third-order valence-corrected chi connectivity index (χ3v) is 6.59. The van der Waals surface area contributed by atoms with E-state index in [1.165, 1.54) is 5.56 Å². The van der Waals surface area contributed by atoms with Gasteiger partial charge >= 0.3 is 0 Å². The van der Waals surface area contributed by atoms with Gasteiger partial charge in [-0.15, -0.1) is 0 Å². The van der Waals surface area contributed by atoms with E-state index in [9.17, 15) is 4.79 Å². The lowest BCUT2D eigenvalue weighted by molar-refractivity contribution is 0.0747. The summed E-state index contributed by atoms with van der Waals surface area (Å²) in [7, 11) is 0. The molecule has 1 aliphatic rings. The molecule has 34 heavy (non-hydrogen) atoms. The van der Waals surface area contributed by atoms with E-state index in [1.807, 2.05) is 59.5 Å². The van der Waals surface area contributed by atoms with E-state index in [-0.39, 0.29) is 5.91 Å². The lowest BCUT2D eigenvalue weighted by atomic mass is 10.1. The van der Waals surface area contributed by atoms with Gasteiger partial charge < -0.3 is 14.2 Å². The van der Waals surface area contributed by atoms with E-state index < -0.39 is 0 Å². The van der Waals surface area contributed by atoms with Crippen molar-refractivity contribution in [2.24, 2.45) is 0 Å². The second-order valence-corrected chi connectivity index (χ2v) is 9.17. The smallest absolute Gasteiger partial charge is 0.254 e. The number of carbonyl (C=O) groups is 1. The van der Waals surface area contributed by atoms with Gasteiger partial charge in [0.2, 0.25) is 5.89 Å². The van der Waals surface area contributed by atoms with Gasteiger partial charge in [0.1, 0.15) is 0 Å². The highest BCUT2D eigenvalue weighted by atomic mass is 35.5. The standard InChI is InChI=1S/C27H23Cl2N3O2/c1-18-6-9-21(29)16-24(18)31-12-14-32(15-13-31)27(33)23-5-3-2-4-22(23)26-30-17-25(34-26)19-7-10-20(28)11-8-19/h2-11,16-17H,12-15H2,1H3. The Morgan fingerprint density at radius 2 is 1.62 bits per heavy atom. The minimum atomic E-state index is -0.0238. The Morgan fingerprint density at radius 1 is 0.912 bits per heavy atom. The zero-order valence-electron chi connectivity index (χ0n) is 18.7. The highest BCUT2D eigenvalue weighted by molar-refractivity contribution is 6.31. The zero-order valence-corrected chi connectivity index (χ0v) is 20.2. The third kappa shape index (κ3) is 4.54. The first-order valence-corrected chi connectivity index (χ1v) is 11.9. The van der Waals surface area contributed by atoms with Crippen molar-refractivity contribution in [3.63, 3.8) is 0 Å². The average Bonchev–Trinajstić information content (AvgIpc) is 3.36. The molecule has 0 bridgehead atoms. The number of aryl methyl sites for hydroxylation is 1. The summed E-state index contributed by atoms with van der Waals surface area (Å²) in [4.78, 5) is 22.1. The van der Waals surface area contributed by atoms with Crippen LogP contribution in [-0.2, 0) is 0 Å². The van der Waals surface area contributed by atoms with E-state index in [0.717, 1.165) is 29.4 Å². The van der Waals surface area contributed by atoms with E-state index in [2.05, 4.69) is 16.8 Å². The molecule has 172 valence electrons. The molecule has 7 heteroatoms. The molecule has 1 fully saturated rings. The van der Waals surface area contributed by atoms with Crippen molar-refractivity contribution in [1.29, 1.82) is 0 Å². The molecule has 0 N–H and O–H groups in total. The number of halogens is 2. The largest absolute Gasteiger partial charge is 0.436 e. The normalized spacial score (nSPS) is 13.9. The molecule has 0 radical (unpaired) electrons. The van der Waals surface area contributed by atoms with Gasteiger partial charge in [0.25, 0.3) is 5.91 Å². The molecule has 1 aliphatic heterocycles. The predicted molar refractivity (Wildman–Crippen MR) is 137 cm³/mol. The SMILES string of the molecule is Cc1ccc(Cl)cc1N1CCN(C(=O)c2ccccc2-c2ncc(-c3ccc(Cl)cc3)o2)CC1. The van der Waals surface area contributed by atoms with E-state index in [1.54, 1.807) is 18.3 Å². The second kappa shape index (κ2) is 9.53. The van der Waals surface area contributed by atoms with Gasteiger partial charge in [-0.25, -0.2) is 4.98 Å². The molecule has 0 unspecified atom stereocenters. The Balaban J connectivity index is 1.34. The topological polar surface area (TPSA) is 49.6 Å². The number of aromatic nitrogens is 1. The number of amides is 1. The summed E-state index contributed by atoms with van der Waals surface area (Å²) in [6.45, 7) is 4.82. The highest BCUT2D eigenvalue weighted by Gasteiger charge is 2.26. The van der Waals surface area contributed by atoms with Crippen LogP contribution >= 0.6 is 23.2 Å². The molecule has 0 aliphatic carbocycles. The van der Waals surface area contributed by atoms with Crippen molar-refractivity contribution in [1.82, 2.24) is 9.88 Å². The number of hydrogen-bond donors (Lipinski definition) is 0. The Labute approximate surface area is 208 Å². The molecule has 1 aromatic heterocycles. The van der Waals surface area contributed by atoms with Crippen LogP contribution in [0.25, 0.3) is 22.8 Å². The van der Waals surface area contributed by atoms with Crippen molar-refractivity contribution in [3.05, 3.63) is 94.1 Å². The summed E-state index contributed by atoms with van der Waals surface area (Å²) in [5.41, 5.74) is 4.43. The van der Waals surface area contributed by atoms with E-state index in [0.29, 0.717) is 40.9 Å². The fraction of sp³-hybridized carbons (Fsp3) is 0.185. The first kappa shape index (κ1) is 22.5. The van der Waals surface area contributed by atoms with Gasteiger partial charge in [0.05, 0.1) is 11.8 Å². The number of carbonyl (C=O) groups excluding carboxylic acids is 1. The molecule has 2 heterocycles. The van der Waals surface area contributed by atoms with E-state index in [4.69, 9.17) is 27.6 Å². The Morgan fingerprint density at radius 3 is 2.38 bits per heavy atom. The molecule has 0 atom stereocenters. The first-order chi connectivity index (χ1) is 16.5. The maximum absolute atomic E-state index is 13.5. The molecule has 3 aromatic carbocycles. The number of anilines is 1. The van der Waals surface area contributed by atoms with Crippen molar-refractivity contribution in [2.75, 3.05) is 31.1 Å². The van der Waals surface area contributed by atoms with Crippen molar-refractivity contribution < 1.29 is 9.21 Å². The van der Waals surface area contributed by atoms with Gasteiger partial charge in [-0.1, -0.05) is 41.4 Å². The Bertz CT molecular complexity index is 1330. The molecule has 1 saturated heterocycles. The molecular weight excluding hydrogens is 469 g/mol. The van der Waals surface area contributed by atoms with Crippen molar-refractivity contribution >= 4 is 34.8 Å². The summed E-state index contributed by atoms with van der Waals surface area (Å²) < 4.78 is 6.03. The molecular formula is C27H23Cl2N3O2. The fourth-order valence-corrected chi connectivity index (χ4v) is 4.54. The van der Waals surface area contributed by atoms with Gasteiger partial charge in [-0.05, 0) is 61.0 Å². The van der Waals surface area contributed by atoms with Crippen LogP contribution in [0.15, 0.2) is 77.3 Å². The fourth-order valence-electron chi connectivity index (χ4n) is 4.25. The average molecular weight is 492 g/mol. The summed E-state index contributed by atoms with van der Waals surface area (Å²) in [6, 6.07) is 20.7. The Hall–Kier alpha value is -3.28. The minimum absolute atomic E-state index is 0.0238. The Kier molecular flexibility index (Phi) is 6.31. The number of rotatable bonds is 4. The van der Waals surface area contributed by atoms with Crippen LogP contribution in [0.1, 0.15) is 15.9 Å². The maximum atomic E-state index is 13.5. The quantitative estimate of drug-likeness (QED) is 0.323. The van der Waals surface area contributed by atoms with Gasteiger partial charge in [-0.3, -0.25) is 4.79 Å². The molecule has 1 amide bonds. The summed E-state index contributed by atoms with van der Waals surface area (Å²) in [5, 5.41) is 1.38. The van der Waals surface area contributed by atoms with Crippen LogP contribution in [0.2, 0.25) is 10.0 Å². The molecule has 5 rings (SSSR count). The van der Waals surface area contributed by atoms with Crippen molar-refractivity contribution in [3.8, 4) is 22.8 Å².